The highest BCUT2D eigenvalue weighted by molar-refractivity contribution is 7.47. The molecule has 0 rings (SSSR count). The van der Waals surface area contributed by atoms with Crippen LogP contribution in [0.15, 0.2) is 0 Å². The number of aliphatic hydroxyl groups is 1. The molecule has 0 saturated carbocycles. The van der Waals surface area contributed by atoms with E-state index in [2.05, 4.69) is 55.4 Å². The molecule has 0 aliphatic rings. The minimum absolute atomic E-state index is 0.104. The van der Waals surface area contributed by atoms with Crippen molar-refractivity contribution in [1.82, 2.24) is 0 Å². The fraction of sp³-hybridized carbons (Fsp3) is 0.951. The van der Waals surface area contributed by atoms with E-state index < -0.39 is 97.5 Å². The van der Waals surface area contributed by atoms with E-state index in [1.54, 1.807) is 0 Å². The average molecular weight is 1470 g/mol. The molecule has 0 aromatic rings. The summed E-state index contributed by atoms with van der Waals surface area (Å²) in [5, 5.41) is 10.6. The highest BCUT2D eigenvalue weighted by Gasteiger charge is 2.30. The van der Waals surface area contributed by atoms with Crippen LogP contribution in [0.2, 0.25) is 0 Å². The van der Waals surface area contributed by atoms with Crippen LogP contribution in [0.4, 0.5) is 0 Å². The number of unbranched alkanes of at least 4 members (excludes halogenated alkanes) is 43. The lowest BCUT2D eigenvalue weighted by molar-refractivity contribution is -0.161. The Balaban J connectivity index is 5.21. The van der Waals surface area contributed by atoms with Gasteiger partial charge in [-0.2, -0.15) is 0 Å². The maximum atomic E-state index is 13.1. The molecule has 0 spiro atoms. The smallest absolute Gasteiger partial charge is 0.462 e. The molecule has 0 bridgehead atoms. The van der Waals surface area contributed by atoms with Gasteiger partial charge in [0, 0.05) is 25.7 Å². The van der Waals surface area contributed by atoms with E-state index in [9.17, 15) is 43.2 Å². The predicted molar refractivity (Wildman–Crippen MR) is 409 cm³/mol. The lowest BCUT2D eigenvalue weighted by atomic mass is 9.99. The van der Waals surface area contributed by atoms with Gasteiger partial charge in [-0.3, -0.25) is 37.3 Å². The van der Waals surface area contributed by atoms with Crippen LogP contribution >= 0.6 is 15.6 Å². The van der Waals surface area contributed by atoms with Crippen molar-refractivity contribution in [3.8, 4) is 0 Å². The van der Waals surface area contributed by atoms with Crippen LogP contribution in [-0.2, 0) is 65.4 Å². The summed E-state index contributed by atoms with van der Waals surface area (Å²) < 4.78 is 68.7. The minimum Gasteiger partial charge on any atom is -0.462 e. The first kappa shape index (κ1) is 98.1. The molecule has 19 heteroatoms. The first-order valence-electron chi connectivity index (χ1n) is 41.7. The highest BCUT2D eigenvalue weighted by Crippen LogP contribution is 2.45. The van der Waals surface area contributed by atoms with Gasteiger partial charge in [-0.05, 0) is 49.4 Å². The Hall–Kier alpha value is -1.94. The molecule has 0 fully saturated rings. The molecule has 17 nitrogen and oxygen atoms in total. The third kappa shape index (κ3) is 73.0. The van der Waals surface area contributed by atoms with Gasteiger partial charge in [0.2, 0.25) is 0 Å². The number of phosphoric ester groups is 2. The number of rotatable bonds is 78. The van der Waals surface area contributed by atoms with Crippen LogP contribution in [0.25, 0.3) is 0 Å². The highest BCUT2D eigenvalue weighted by atomic mass is 31.2. The summed E-state index contributed by atoms with van der Waals surface area (Å²) in [6, 6.07) is 0. The zero-order valence-corrected chi connectivity index (χ0v) is 67.6. The molecule has 0 aliphatic heterocycles. The minimum atomic E-state index is -4.96. The van der Waals surface area contributed by atoms with E-state index >= 15 is 0 Å². The van der Waals surface area contributed by atoms with Crippen molar-refractivity contribution in [2.75, 3.05) is 39.6 Å². The van der Waals surface area contributed by atoms with Crippen molar-refractivity contribution in [3.63, 3.8) is 0 Å². The zero-order valence-electron chi connectivity index (χ0n) is 65.8. The third-order valence-electron chi connectivity index (χ3n) is 19.2. The molecule has 100 heavy (non-hydrogen) atoms. The monoisotopic (exact) mass is 1470 g/mol. The van der Waals surface area contributed by atoms with Crippen LogP contribution in [0, 0.1) is 23.7 Å². The van der Waals surface area contributed by atoms with Crippen LogP contribution in [0.5, 0.6) is 0 Å². The fourth-order valence-corrected chi connectivity index (χ4v) is 14.0. The first-order valence-corrected chi connectivity index (χ1v) is 44.7. The predicted octanol–water partition coefficient (Wildman–Crippen LogP) is 24.0. The third-order valence-corrected chi connectivity index (χ3v) is 21.1. The summed E-state index contributed by atoms with van der Waals surface area (Å²) >= 11 is 0. The van der Waals surface area contributed by atoms with Gasteiger partial charge in [0.05, 0.1) is 26.4 Å². The number of carbonyl (C=O) groups excluding carboxylic acids is 4. The van der Waals surface area contributed by atoms with Crippen LogP contribution in [0.1, 0.15) is 415 Å². The lowest BCUT2D eigenvalue weighted by Gasteiger charge is -2.21. The largest absolute Gasteiger partial charge is 0.472 e. The molecule has 0 aliphatic carbocycles. The Bertz CT molecular complexity index is 1960. The second kappa shape index (κ2) is 70.1. The number of aliphatic hydroxyl groups excluding tert-OH is 1. The standard InChI is InChI=1S/C81H158O17P2/c1-9-74(8)60-52-44-36-30-31-39-48-56-64-81(86)98-77(68-92-79(84)62-54-46-40-32-35-43-51-59-73(6)7)70-96-100(89,90)94-66-75(82)65-93-99(87,88)95-69-76(97-80(85)63-55-47-38-29-25-21-17-16-19-23-27-34-42-50-58-72(4)5)67-91-78(83)61-53-45-37-28-24-20-15-13-11-10-12-14-18-22-26-33-41-49-57-71(2)3/h71-77,82H,9-70H2,1-8H3,(H,87,88)(H,89,90)/t74?,75?,76-,77-/m1/s1. The number of phosphoric acid groups is 2. The van der Waals surface area contributed by atoms with Crippen molar-refractivity contribution in [2.24, 2.45) is 23.7 Å². The molecule has 0 heterocycles. The summed E-state index contributed by atoms with van der Waals surface area (Å²) in [6.45, 7) is 14.2. The molecule has 0 aromatic carbocycles. The second-order valence-electron chi connectivity index (χ2n) is 30.8. The Morgan fingerprint density at radius 1 is 0.280 bits per heavy atom. The number of hydrogen-bond acceptors (Lipinski definition) is 15. The molecular weight excluding hydrogens is 1310 g/mol. The van der Waals surface area contributed by atoms with Crippen LogP contribution < -0.4 is 0 Å². The summed E-state index contributed by atoms with van der Waals surface area (Å²) in [7, 11) is -9.92. The summed E-state index contributed by atoms with van der Waals surface area (Å²) in [6.07, 6.45) is 57.0. The maximum absolute atomic E-state index is 13.1. The van der Waals surface area contributed by atoms with E-state index in [1.807, 2.05) is 0 Å². The molecule has 4 unspecified atom stereocenters. The van der Waals surface area contributed by atoms with Crippen molar-refractivity contribution in [3.05, 3.63) is 0 Å². The van der Waals surface area contributed by atoms with Crippen molar-refractivity contribution >= 4 is 39.5 Å². The molecule has 6 atom stereocenters. The molecule has 0 aromatic heterocycles. The molecule has 594 valence electrons. The Labute approximate surface area is 613 Å². The fourth-order valence-electron chi connectivity index (χ4n) is 12.4. The van der Waals surface area contributed by atoms with E-state index in [4.69, 9.17) is 37.0 Å². The van der Waals surface area contributed by atoms with Gasteiger partial charge in [0.15, 0.2) is 12.2 Å². The van der Waals surface area contributed by atoms with Gasteiger partial charge in [0.1, 0.15) is 19.3 Å². The van der Waals surface area contributed by atoms with Crippen molar-refractivity contribution in [1.29, 1.82) is 0 Å². The van der Waals surface area contributed by atoms with E-state index in [0.29, 0.717) is 31.6 Å². The van der Waals surface area contributed by atoms with Crippen molar-refractivity contribution < 1.29 is 80.2 Å². The van der Waals surface area contributed by atoms with E-state index in [-0.39, 0.29) is 25.7 Å². The zero-order chi connectivity index (χ0) is 73.8. The van der Waals surface area contributed by atoms with Gasteiger partial charge >= 0.3 is 39.5 Å². The van der Waals surface area contributed by atoms with Gasteiger partial charge in [-0.25, -0.2) is 9.13 Å². The summed E-state index contributed by atoms with van der Waals surface area (Å²) in [4.78, 5) is 73.0. The molecular formula is C81H158O17P2. The average Bonchev–Trinajstić information content (AvgIpc) is 0.937. The normalized spacial score (nSPS) is 14.3. The second-order valence-corrected chi connectivity index (χ2v) is 33.7. The molecule has 0 amide bonds. The molecule has 0 saturated heterocycles. The van der Waals surface area contributed by atoms with Gasteiger partial charge in [-0.15, -0.1) is 0 Å². The van der Waals surface area contributed by atoms with Gasteiger partial charge in [-0.1, -0.05) is 364 Å². The van der Waals surface area contributed by atoms with E-state index in [0.717, 1.165) is 114 Å². The van der Waals surface area contributed by atoms with Gasteiger partial charge in [0.25, 0.3) is 0 Å². The topological polar surface area (TPSA) is 237 Å². The van der Waals surface area contributed by atoms with E-state index in [1.165, 1.54) is 212 Å². The van der Waals surface area contributed by atoms with Gasteiger partial charge < -0.3 is 33.8 Å². The lowest BCUT2D eigenvalue weighted by Crippen LogP contribution is -2.30. The Morgan fingerprint density at radius 2 is 0.480 bits per heavy atom. The van der Waals surface area contributed by atoms with Crippen molar-refractivity contribution in [2.45, 2.75) is 433 Å². The number of esters is 4. The molecule has 3 N–H and O–H groups in total. The maximum Gasteiger partial charge on any atom is 0.472 e. The number of carbonyl (C=O) groups is 4. The Morgan fingerprint density at radius 3 is 0.710 bits per heavy atom. The summed E-state index contributed by atoms with van der Waals surface area (Å²) in [5.41, 5.74) is 0. The van der Waals surface area contributed by atoms with Crippen LogP contribution in [-0.4, -0.2) is 96.7 Å². The number of ether oxygens (including phenoxy) is 4. The first-order chi connectivity index (χ1) is 48.1. The van der Waals surface area contributed by atoms with Crippen LogP contribution in [0.3, 0.4) is 0 Å². The summed E-state index contributed by atoms with van der Waals surface area (Å²) in [5.74, 6) is 0.976. The molecule has 0 radical (unpaired) electrons. The quantitative estimate of drug-likeness (QED) is 0.0222. The SMILES string of the molecule is CCC(C)CCCCCCCCCCC(=O)O[C@H](COC(=O)CCCCCCCCCC(C)C)COP(=O)(O)OCC(O)COP(=O)(O)OC[C@@H](COC(=O)CCCCCCCCCCCCCCCCCCCCC(C)C)OC(=O)CCCCCCCCCCCCCCCCC(C)C. The number of hydrogen-bond donors (Lipinski definition) is 3. The Kier molecular flexibility index (Phi) is 68.7.